The number of hydrogen-bond acceptors (Lipinski definition) is 2. The highest BCUT2D eigenvalue weighted by Gasteiger charge is 2.15. The average Bonchev–Trinajstić information content (AvgIpc) is 2.60. The fraction of sp³-hybridized carbons (Fsp3) is 0.350. The van der Waals surface area contributed by atoms with Crippen LogP contribution in [0.15, 0.2) is 60.7 Å². The van der Waals surface area contributed by atoms with Gasteiger partial charge in [0.25, 0.3) is 0 Å². The summed E-state index contributed by atoms with van der Waals surface area (Å²) in [5.41, 5.74) is 0.936. The van der Waals surface area contributed by atoms with Crippen molar-refractivity contribution in [1.29, 1.82) is 0 Å². The van der Waals surface area contributed by atoms with Gasteiger partial charge in [-0.2, -0.15) is 0 Å². The second kappa shape index (κ2) is 9.67. The highest BCUT2D eigenvalue weighted by molar-refractivity contribution is 5.93. The molecule has 23 heavy (non-hydrogen) atoms. The molecule has 3 heteroatoms. The molecule has 0 radical (unpaired) electrons. The van der Waals surface area contributed by atoms with Gasteiger partial charge in [0.1, 0.15) is 12.4 Å². The number of carbonyl (C=O) groups excluding carboxylic acids is 1. The maximum Gasteiger partial charge on any atom is 0.227 e. The van der Waals surface area contributed by atoms with Crippen LogP contribution in [0.4, 0.5) is 5.69 Å². The van der Waals surface area contributed by atoms with Crippen LogP contribution in [0.5, 0.6) is 5.75 Å². The van der Waals surface area contributed by atoms with E-state index in [2.05, 4.69) is 6.92 Å². The van der Waals surface area contributed by atoms with E-state index in [1.165, 1.54) is 0 Å². The molecular formula is C20H25NO2. The minimum Gasteiger partial charge on any atom is -0.492 e. The van der Waals surface area contributed by atoms with E-state index in [-0.39, 0.29) is 5.91 Å². The van der Waals surface area contributed by atoms with Crippen molar-refractivity contribution >= 4 is 11.6 Å². The van der Waals surface area contributed by atoms with Gasteiger partial charge in [0, 0.05) is 12.1 Å². The second-order valence-electron chi connectivity index (χ2n) is 5.50. The van der Waals surface area contributed by atoms with E-state index in [1.807, 2.05) is 65.6 Å². The van der Waals surface area contributed by atoms with E-state index in [9.17, 15) is 4.79 Å². The molecule has 0 fully saturated rings. The van der Waals surface area contributed by atoms with Crippen LogP contribution in [0.3, 0.4) is 0 Å². The Hall–Kier alpha value is -2.29. The Morgan fingerprint density at radius 3 is 2.26 bits per heavy atom. The molecule has 2 rings (SSSR count). The minimum absolute atomic E-state index is 0.168. The van der Waals surface area contributed by atoms with Crippen LogP contribution in [0.2, 0.25) is 0 Å². The van der Waals surface area contributed by atoms with Crippen molar-refractivity contribution in [2.45, 2.75) is 32.6 Å². The fourth-order valence-corrected chi connectivity index (χ4v) is 2.44. The number of carbonyl (C=O) groups is 1. The van der Waals surface area contributed by atoms with E-state index < -0.39 is 0 Å². The van der Waals surface area contributed by atoms with Gasteiger partial charge in [0.2, 0.25) is 5.91 Å². The van der Waals surface area contributed by atoms with Gasteiger partial charge >= 0.3 is 0 Å². The third-order valence-electron chi connectivity index (χ3n) is 3.69. The van der Waals surface area contributed by atoms with E-state index in [0.29, 0.717) is 19.6 Å². The standard InChI is InChI=1S/C20H25NO2/c1-2-3-6-15-20(22)21(18-11-7-4-8-12-18)16-17-23-19-13-9-5-10-14-19/h4-5,7-14H,2-3,6,15-17H2,1H3. The Morgan fingerprint density at radius 1 is 0.957 bits per heavy atom. The van der Waals surface area contributed by atoms with Gasteiger partial charge in [-0.05, 0) is 30.7 Å². The molecule has 122 valence electrons. The highest BCUT2D eigenvalue weighted by Crippen LogP contribution is 2.16. The van der Waals surface area contributed by atoms with Crippen molar-refractivity contribution in [3.8, 4) is 5.75 Å². The Kier molecular flexibility index (Phi) is 7.18. The van der Waals surface area contributed by atoms with Gasteiger partial charge in [-0.3, -0.25) is 4.79 Å². The van der Waals surface area contributed by atoms with Crippen LogP contribution in [-0.4, -0.2) is 19.1 Å². The number of amides is 1. The summed E-state index contributed by atoms with van der Waals surface area (Å²) >= 11 is 0. The Morgan fingerprint density at radius 2 is 1.61 bits per heavy atom. The summed E-state index contributed by atoms with van der Waals surface area (Å²) in [6.45, 7) is 3.19. The topological polar surface area (TPSA) is 29.5 Å². The number of unbranched alkanes of at least 4 members (excludes halogenated alkanes) is 2. The van der Waals surface area contributed by atoms with Crippen LogP contribution in [-0.2, 0) is 4.79 Å². The first-order valence-electron chi connectivity index (χ1n) is 8.34. The second-order valence-corrected chi connectivity index (χ2v) is 5.50. The van der Waals surface area contributed by atoms with Crippen LogP contribution in [0.1, 0.15) is 32.6 Å². The first-order chi connectivity index (χ1) is 11.3. The zero-order valence-corrected chi connectivity index (χ0v) is 13.8. The summed E-state index contributed by atoms with van der Waals surface area (Å²) in [4.78, 5) is 14.4. The lowest BCUT2D eigenvalue weighted by Gasteiger charge is -2.23. The first-order valence-corrected chi connectivity index (χ1v) is 8.34. The largest absolute Gasteiger partial charge is 0.492 e. The molecule has 0 atom stereocenters. The van der Waals surface area contributed by atoms with Gasteiger partial charge in [0.15, 0.2) is 0 Å². The monoisotopic (exact) mass is 311 g/mol. The summed E-state index contributed by atoms with van der Waals surface area (Å²) < 4.78 is 5.74. The number of rotatable bonds is 9. The molecular weight excluding hydrogens is 286 g/mol. The number of benzene rings is 2. The molecule has 0 aliphatic carbocycles. The zero-order chi connectivity index (χ0) is 16.3. The lowest BCUT2D eigenvalue weighted by molar-refractivity contribution is -0.118. The Balaban J connectivity index is 1.94. The van der Waals surface area contributed by atoms with Gasteiger partial charge in [0.05, 0.1) is 6.54 Å². The molecule has 0 aromatic heterocycles. The number of nitrogens with zero attached hydrogens (tertiary/aromatic N) is 1. The van der Waals surface area contributed by atoms with E-state index in [4.69, 9.17) is 4.74 Å². The van der Waals surface area contributed by atoms with E-state index in [1.54, 1.807) is 0 Å². The molecule has 2 aromatic rings. The molecule has 0 aliphatic heterocycles. The Labute approximate surface area is 138 Å². The zero-order valence-electron chi connectivity index (χ0n) is 13.8. The number of anilines is 1. The SMILES string of the molecule is CCCCCC(=O)N(CCOc1ccccc1)c1ccccc1. The maximum absolute atomic E-state index is 12.5. The smallest absolute Gasteiger partial charge is 0.227 e. The van der Waals surface area contributed by atoms with Gasteiger partial charge in [-0.1, -0.05) is 56.2 Å². The molecule has 0 saturated heterocycles. The van der Waals surface area contributed by atoms with Crippen molar-refractivity contribution < 1.29 is 9.53 Å². The van der Waals surface area contributed by atoms with Crippen LogP contribution < -0.4 is 9.64 Å². The van der Waals surface area contributed by atoms with Crippen molar-refractivity contribution in [1.82, 2.24) is 0 Å². The molecule has 1 amide bonds. The summed E-state index contributed by atoms with van der Waals surface area (Å²) in [7, 11) is 0. The summed E-state index contributed by atoms with van der Waals surface area (Å²) in [5.74, 6) is 1.00. The summed E-state index contributed by atoms with van der Waals surface area (Å²) in [5, 5.41) is 0. The molecule has 0 heterocycles. The third-order valence-corrected chi connectivity index (χ3v) is 3.69. The van der Waals surface area contributed by atoms with Crippen molar-refractivity contribution in [3.63, 3.8) is 0 Å². The van der Waals surface area contributed by atoms with Gasteiger partial charge < -0.3 is 9.64 Å². The molecule has 0 saturated carbocycles. The molecule has 0 aliphatic rings. The van der Waals surface area contributed by atoms with Crippen LogP contribution in [0.25, 0.3) is 0 Å². The Bertz CT molecular complexity index is 569. The molecule has 3 nitrogen and oxygen atoms in total. The third kappa shape index (κ3) is 5.78. The molecule has 0 bridgehead atoms. The van der Waals surface area contributed by atoms with Crippen molar-refractivity contribution in [2.24, 2.45) is 0 Å². The van der Waals surface area contributed by atoms with Crippen LogP contribution >= 0.6 is 0 Å². The highest BCUT2D eigenvalue weighted by atomic mass is 16.5. The number of hydrogen-bond donors (Lipinski definition) is 0. The van der Waals surface area contributed by atoms with E-state index in [0.717, 1.165) is 30.7 Å². The summed E-state index contributed by atoms with van der Waals surface area (Å²) in [6.07, 6.45) is 3.75. The normalized spacial score (nSPS) is 10.3. The fourth-order valence-electron chi connectivity index (χ4n) is 2.44. The average molecular weight is 311 g/mol. The van der Waals surface area contributed by atoms with E-state index >= 15 is 0 Å². The van der Waals surface area contributed by atoms with Crippen molar-refractivity contribution in [2.75, 3.05) is 18.1 Å². The molecule has 0 unspecified atom stereocenters. The quantitative estimate of drug-likeness (QED) is 0.629. The predicted octanol–water partition coefficient (Wildman–Crippen LogP) is 4.68. The molecule has 2 aromatic carbocycles. The predicted molar refractivity (Wildman–Crippen MR) is 94.9 cm³/mol. The minimum atomic E-state index is 0.168. The molecule has 0 N–H and O–H groups in total. The van der Waals surface area contributed by atoms with Crippen LogP contribution in [0, 0.1) is 0 Å². The lowest BCUT2D eigenvalue weighted by atomic mass is 10.2. The number of para-hydroxylation sites is 2. The van der Waals surface area contributed by atoms with Crippen molar-refractivity contribution in [3.05, 3.63) is 60.7 Å². The van der Waals surface area contributed by atoms with Gasteiger partial charge in [-0.25, -0.2) is 0 Å². The molecule has 0 spiro atoms. The summed E-state index contributed by atoms with van der Waals surface area (Å²) in [6, 6.07) is 19.5. The number of ether oxygens (including phenoxy) is 1. The maximum atomic E-state index is 12.5. The lowest BCUT2D eigenvalue weighted by Crippen LogP contribution is -2.34. The van der Waals surface area contributed by atoms with Gasteiger partial charge in [-0.15, -0.1) is 0 Å². The first kappa shape index (κ1) is 17.1.